The Balaban J connectivity index is 1.88. The molecule has 2 aromatic heterocycles. The SMILES string of the molecule is CCn1c(=NC(=O)c2sc3ccccc3c2Cl)sc2cc(C)ccc21. The molecule has 25 heavy (non-hydrogen) atoms. The zero-order valence-electron chi connectivity index (χ0n) is 13.7. The zero-order valence-corrected chi connectivity index (χ0v) is 16.1. The van der Waals surface area contributed by atoms with Crippen LogP contribution in [0.25, 0.3) is 20.3 Å². The van der Waals surface area contributed by atoms with E-state index >= 15 is 0 Å². The molecule has 0 spiro atoms. The van der Waals surface area contributed by atoms with E-state index in [1.165, 1.54) is 28.2 Å². The second-order valence-electron chi connectivity index (χ2n) is 5.76. The minimum Gasteiger partial charge on any atom is -0.317 e. The molecule has 0 radical (unpaired) electrons. The average molecular weight is 387 g/mol. The normalized spacial score (nSPS) is 12.4. The number of carbonyl (C=O) groups is 1. The molecule has 0 saturated carbocycles. The molecule has 0 aliphatic heterocycles. The molecule has 6 heteroatoms. The lowest BCUT2D eigenvalue weighted by Crippen LogP contribution is -2.15. The van der Waals surface area contributed by atoms with Crippen LogP contribution in [0.3, 0.4) is 0 Å². The molecular formula is C19H15ClN2OS2. The van der Waals surface area contributed by atoms with Gasteiger partial charge in [-0.3, -0.25) is 4.79 Å². The molecule has 0 aliphatic carbocycles. The molecule has 0 bridgehead atoms. The van der Waals surface area contributed by atoms with Crippen LogP contribution in [0.2, 0.25) is 5.02 Å². The third-order valence-corrected chi connectivity index (χ3v) is 6.79. The topological polar surface area (TPSA) is 34.4 Å². The fourth-order valence-corrected chi connectivity index (χ4v) is 5.45. The first-order valence-electron chi connectivity index (χ1n) is 7.94. The molecule has 2 heterocycles. The summed E-state index contributed by atoms with van der Waals surface area (Å²) in [5.74, 6) is -0.281. The Hall–Kier alpha value is -1.95. The van der Waals surface area contributed by atoms with E-state index in [1.807, 2.05) is 24.3 Å². The smallest absolute Gasteiger partial charge is 0.291 e. The van der Waals surface area contributed by atoms with Crippen molar-refractivity contribution in [3.05, 3.63) is 62.7 Å². The van der Waals surface area contributed by atoms with Crippen LogP contribution in [0.1, 0.15) is 22.2 Å². The number of fused-ring (bicyclic) bond motifs is 2. The van der Waals surface area contributed by atoms with Crippen LogP contribution in [0.4, 0.5) is 0 Å². The number of benzene rings is 2. The molecule has 3 nitrogen and oxygen atoms in total. The van der Waals surface area contributed by atoms with Gasteiger partial charge in [-0.2, -0.15) is 4.99 Å². The molecule has 126 valence electrons. The van der Waals surface area contributed by atoms with Crippen LogP contribution in [-0.2, 0) is 6.54 Å². The van der Waals surface area contributed by atoms with E-state index in [0.717, 1.165) is 26.8 Å². The van der Waals surface area contributed by atoms with E-state index in [4.69, 9.17) is 11.6 Å². The fraction of sp³-hybridized carbons (Fsp3) is 0.158. The summed E-state index contributed by atoms with van der Waals surface area (Å²) in [7, 11) is 0. The van der Waals surface area contributed by atoms with E-state index in [-0.39, 0.29) is 5.91 Å². The first-order chi connectivity index (χ1) is 12.1. The van der Waals surface area contributed by atoms with Crippen LogP contribution in [0, 0.1) is 6.92 Å². The van der Waals surface area contributed by atoms with Crippen molar-refractivity contribution in [1.29, 1.82) is 0 Å². The van der Waals surface area contributed by atoms with Crippen molar-refractivity contribution in [1.82, 2.24) is 4.57 Å². The number of amides is 1. The molecule has 0 fully saturated rings. The highest BCUT2D eigenvalue weighted by Gasteiger charge is 2.17. The molecule has 4 rings (SSSR count). The number of nitrogens with zero attached hydrogens (tertiary/aromatic N) is 2. The summed E-state index contributed by atoms with van der Waals surface area (Å²) in [6.45, 7) is 4.88. The number of hydrogen-bond donors (Lipinski definition) is 0. The Morgan fingerprint density at radius 1 is 1.16 bits per heavy atom. The second kappa shape index (κ2) is 6.41. The Labute approximate surface area is 157 Å². The van der Waals surface area contributed by atoms with Crippen LogP contribution < -0.4 is 4.80 Å². The lowest BCUT2D eigenvalue weighted by molar-refractivity contribution is 0.100. The maximum atomic E-state index is 12.8. The molecule has 2 aromatic carbocycles. The predicted octanol–water partition coefficient (Wildman–Crippen LogP) is 5.64. The van der Waals surface area contributed by atoms with E-state index in [9.17, 15) is 4.79 Å². The van der Waals surface area contributed by atoms with Crippen LogP contribution in [0.15, 0.2) is 47.5 Å². The van der Waals surface area contributed by atoms with Crippen molar-refractivity contribution in [3.8, 4) is 0 Å². The standard InChI is InChI=1S/C19H15ClN2OS2/c1-3-22-13-9-8-11(2)10-15(13)25-19(22)21-18(23)17-16(20)12-6-4-5-7-14(12)24-17/h4-10H,3H2,1-2H3. The van der Waals surface area contributed by atoms with Crippen LogP contribution in [-0.4, -0.2) is 10.5 Å². The van der Waals surface area contributed by atoms with Crippen LogP contribution >= 0.6 is 34.3 Å². The van der Waals surface area contributed by atoms with E-state index < -0.39 is 0 Å². The molecule has 0 N–H and O–H groups in total. The summed E-state index contributed by atoms with van der Waals surface area (Å²) in [5, 5.41) is 1.40. The first-order valence-corrected chi connectivity index (χ1v) is 9.95. The van der Waals surface area contributed by atoms with Crippen molar-refractivity contribution < 1.29 is 4.79 Å². The quantitative estimate of drug-likeness (QED) is 0.439. The van der Waals surface area contributed by atoms with Gasteiger partial charge in [0.15, 0.2) is 4.80 Å². The van der Waals surface area contributed by atoms with Crippen molar-refractivity contribution >= 4 is 60.5 Å². The number of aromatic nitrogens is 1. The van der Waals surface area contributed by atoms with E-state index in [0.29, 0.717) is 14.7 Å². The molecule has 0 aliphatic rings. The van der Waals surface area contributed by atoms with Gasteiger partial charge in [0.25, 0.3) is 5.91 Å². The summed E-state index contributed by atoms with van der Waals surface area (Å²) < 4.78 is 4.20. The third kappa shape index (κ3) is 2.82. The Bertz CT molecular complexity index is 1180. The van der Waals surface area contributed by atoms with Gasteiger partial charge in [0, 0.05) is 16.6 Å². The Kier molecular flexibility index (Phi) is 4.23. The van der Waals surface area contributed by atoms with Crippen LogP contribution in [0.5, 0.6) is 0 Å². The maximum Gasteiger partial charge on any atom is 0.291 e. The van der Waals surface area contributed by atoms with Gasteiger partial charge < -0.3 is 4.57 Å². The average Bonchev–Trinajstić information content (AvgIpc) is 3.12. The summed E-state index contributed by atoms with van der Waals surface area (Å²) in [5.41, 5.74) is 2.30. The Morgan fingerprint density at radius 3 is 2.72 bits per heavy atom. The van der Waals surface area contributed by atoms with Crippen molar-refractivity contribution in [2.45, 2.75) is 20.4 Å². The Morgan fingerprint density at radius 2 is 1.96 bits per heavy atom. The number of thiophene rings is 1. The third-order valence-electron chi connectivity index (χ3n) is 4.08. The van der Waals surface area contributed by atoms with Crippen molar-refractivity contribution in [3.63, 3.8) is 0 Å². The molecule has 0 atom stereocenters. The minimum atomic E-state index is -0.281. The summed E-state index contributed by atoms with van der Waals surface area (Å²) in [4.78, 5) is 18.4. The van der Waals surface area contributed by atoms with Gasteiger partial charge in [-0.1, -0.05) is 47.2 Å². The van der Waals surface area contributed by atoms with Gasteiger partial charge in [-0.25, -0.2) is 0 Å². The van der Waals surface area contributed by atoms with Gasteiger partial charge in [0.05, 0.1) is 15.2 Å². The van der Waals surface area contributed by atoms with Crippen molar-refractivity contribution in [2.24, 2.45) is 4.99 Å². The van der Waals surface area contributed by atoms with Gasteiger partial charge >= 0.3 is 0 Å². The number of rotatable bonds is 2. The van der Waals surface area contributed by atoms with E-state index in [1.54, 1.807) is 0 Å². The lowest BCUT2D eigenvalue weighted by atomic mass is 10.2. The largest absolute Gasteiger partial charge is 0.317 e. The lowest BCUT2D eigenvalue weighted by Gasteiger charge is -2.00. The number of halogens is 1. The maximum absolute atomic E-state index is 12.8. The highest BCUT2D eigenvalue weighted by atomic mass is 35.5. The number of aryl methyl sites for hydroxylation is 2. The summed E-state index contributed by atoms with van der Waals surface area (Å²) in [6, 6.07) is 14.1. The monoisotopic (exact) mass is 386 g/mol. The van der Waals surface area contributed by atoms with E-state index in [2.05, 4.69) is 41.6 Å². The second-order valence-corrected chi connectivity index (χ2v) is 8.20. The van der Waals surface area contributed by atoms with Crippen molar-refractivity contribution in [2.75, 3.05) is 0 Å². The molecule has 4 aromatic rings. The number of thiazole rings is 1. The highest BCUT2D eigenvalue weighted by Crippen LogP contribution is 2.35. The summed E-state index contributed by atoms with van der Waals surface area (Å²) >= 11 is 9.35. The first kappa shape index (κ1) is 16.5. The molecule has 1 amide bonds. The zero-order chi connectivity index (χ0) is 17.6. The highest BCUT2D eigenvalue weighted by molar-refractivity contribution is 7.21. The number of hydrogen-bond acceptors (Lipinski definition) is 3. The van der Waals surface area contributed by atoms with Gasteiger partial charge in [-0.15, -0.1) is 11.3 Å². The predicted molar refractivity (Wildman–Crippen MR) is 107 cm³/mol. The fourth-order valence-electron chi connectivity index (χ4n) is 2.86. The van der Waals surface area contributed by atoms with Gasteiger partial charge in [0.2, 0.25) is 0 Å². The van der Waals surface area contributed by atoms with Gasteiger partial charge in [0.1, 0.15) is 4.88 Å². The summed E-state index contributed by atoms with van der Waals surface area (Å²) in [6.07, 6.45) is 0. The van der Waals surface area contributed by atoms with Gasteiger partial charge in [-0.05, 0) is 37.6 Å². The minimum absolute atomic E-state index is 0.281. The molecule has 0 unspecified atom stereocenters. The molecule has 0 saturated heterocycles. The number of carbonyl (C=O) groups excluding carboxylic acids is 1. The molecular weight excluding hydrogens is 372 g/mol.